The zero-order chi connectivity index (χ0) is 19.7. The number of ether oxygens (including phenoxy) is 1. The molecule has 0 saturated carbocycles. The second-order valence-corrected chi connectivity index (χ2v) is 8.06. The third-order valence-corrected chi connectivity index (χ3v) is 6.34. The maximum atomic E-state index is 12.7. The monoisotopic (exact) mass is 397 g/mol. The van der Waals surface area contributed by atoms with Crippen molar-refractivity contribution in [3.05, 3.63) is 51.6 Å². The van der Waals surface area contributed by atoms with Crippen molar-refractivity contribution in [3.8, 4) is 0 Å². The lowest BCUT2D eigenvalue weighted by Gasteiger charge is -2.08. The minimum absolute atomic E-state index is 0.157. The smallest absolute Gasteiger partial charge is 0.341 e. The molecule has 0 spiro atoms. The third kappa shape index (κ3) is 3.44. The van der Waals surface area contributed by atoms with E-state index in [9.17, 15) is 9.59 Å². The van der Waals surface area contributed by atoms with Crippen molar-refractivity contribution in [1.82, 2.24) is 0 Å². The number of aryl methyl sites for hydroxylation is 2. The van der Waals surface area contributed by atoms with Crippen LogP contribution in [0.4, 0.5) is 5.00 Å². The van der Waals surface area contributed by atoms with E-state index in [2.05, 4.69) is 18.3 Å². The van der Waals surface area contributed by atoms with E-state index >= 15 is 0 Å². The van der Waals surface area contributed by atoms with Gasteiger partial charge in [0.25, 0.3) is 0 Å². The second kappa shape index (κ2) is 7.80. The highest BCUT2D eigenvalue weighted by atomic mass is 32.1. The molecule has 4 rings (SSSR count). The molecule has 0 atom stereocenters. The van der Waals surface area contributed by atoms with E-state index in [1.807, 2.05) is 12.1 Å². The molecule has 0 bridgehead atoms. The molecule has 0 unspecified atom stereocenters. The Labute approximate surface area is 167 Å². The second-order valence-electron chi connectivity index (χ2n) is 6.95. The lowest BCUT2D eigenvalue weighted by molar-refractivity contribution is -0.115. The van der Waals surface area contributed by atoms with Crippen LogP contribution in [-0.2, 0) is 35.2 Å². The predicted octanol–water partition coefficient (Wildman–Crippen LogP) is 4.90. The summed E-state index contributed by atoms with van der Waals surface area (Å²) in [6.45, 7) is 4.20. The minimum Gasteiger partial charge on any atom is -0.464 e. The number of esters is 1. The summed E-state index contributed by atoms with van der Waals surface area (Å²) in [5.41, 5.74) is 4.42. The molecule has 5 nitrogen and oxygen atoms in total. The Balaban J connectivity index is 1.57. The van der Waals surface area contributed by atoms with Gasteiger partial charge in [-0.1, -0.05) is 13.0 Å². The lowest BCUT2D eigenvalue weighted by atomic mass is 10.1. The van der Waals surface area contributed by atoms with Gasteiger partial charge in [0.15, 0.2) is 0 Å². The van der Waals surface area contributed by atoms with Gasteiger partial charge in [0.1, 0.15) is 10.6 Å². The minimum atomic E-state index is -0.349. The molecule has 2 heterocycles. The van der Waals surface area contributed by atoms with Gasteiger partial charge >= 0.3 is 5.97 Å². The fourth-order valence-corrected chi connectivity index (χ4v) is 5.03. The molecular weight excluding hydrogens is 374 g/mol. The van der Waals surface area contributed by atoms with E-state index in [1.165, 1.54) is 21.8 Å². The number of benzene rings is 1. The van der Waals surface area contributed by atoms with Gasteiger partial charge in [0, 0.05) is 15.8 Å². The Bertz CT molecular complexity index is 1050. The highest BCUT2D eigenvalue weighted by molar-refractivity contribution is 7.17. The summed E-state index contributed by atoms with van der Waals surface area (Å²) in [5.74, 6) is -0.506. The fraction of sp³-hybridized carbons (Fsp3) is 0.364. The fourth-order valence-electron chi connectivity index (χ4n) is 3.74. The zero-order valence-corrected chi connectivity index (χ0v) is 16.9. The SMILES string of the molecule is CCOC(=O)c1c(NC(=O)Cc2coc3ccc(CC)cc23)sc2c1CCC2. The number of furan rings is 1. The molecule has 0 saturated heterocycles. The maximum Gasteiger partial charge on any atom is 0.341 e. The van der Waals surface area contributed by atoms with Crippen LogP contribution in [0.2, 0.25) is 0 Å². The van der Waals surface area contributed by atoms with Gasteiger partial charge in [0.05, 0.1) is 24.9 Å². The Morgan fingerprint density at radius 2 is 2.11 bits per heavy atom. The lowest BCUT2D eigenvalue weighted by Crippen LogP contribution is -2.16. The van der Waals surface area contributed by atoms with Crippen molar-refractivity contribution in [1.29, 1.82) is 0 Å². The number of anilines is 1. The van der Waals surface area contributed by atoms with Gasteiger partial charge < -0.3 is 14.5 Å². The summed E-state index contributed by atoms with van der Waals surface area (Å²) in [4.78, 5) is 26.4. The van der Waals surface area contributed by atoms with Crippen LogP contribution >= 0.6 is 11.3 Å². The summed E-state index contributed by atoms with van der Waals surface area (Å²) in [6, 6.07) is 6.05. The predicted molar refractivity (Wildman–Crippen MR) is 110 cm³/mol. The van der Waals surface area contributed by atoms with Crippen molar-refractivity contribution in [2.45, 2.75) is 46.0 Å². The van der Waals surface area contributed by atoms with Crippen LogP contribution in [0.15, 0.2) is 28.9 Å². The van der Waals surface area contributed by atoms with E-state index in [0.717, 1.165) is 47.8 Å². The first-order valence-corrected chi connectivity index (χ1v) is 10.5. The molecule has 1 N–H and O–H groups in total. The molecular formula is C22H23NO4S. The first kappa shape index (κ1) is 18.7. The molecule has 1 aliphatic rings. The molecule has 2 aromatic heterocycles. The van der Waals surface area contributed by atoms with Crippen molar-refractivity contribution in [3.63, 3.8) is 0 Å². The van der Waals surface area contributed by atoms with Crippen LogP contribution in [0.1, 0.15) is 52.2 Å². The van der Waals surface area contributed by atoms with Crippen molar-refractivity contribution in [2.24, 2.45) is 0 Å². The van der Waals surface area contributed by atoms with Crippen LogP contribution in [0.3, 0.4) is 0 Å². The normalized spacial score (nSPS) is 12.9. The first-order valence-electron chi connectivity index (χ1n) is 9.71. The molecule has 1 aromatic carbocycles. The number of amides is 1. The van der Waals surface area contributed by atoms with Crippen molar-refractivity contribution < 1.29 is 18.7 Å². The Kier molecular flexibility index (Phi) is 5.22. The van der Waals surface area contributed by atoms with Gasteiger partial charge in [0.2, 0.25) is 5.91 Å². The molecule has 28 heavy (non-hydrogen) atoms. The summed E-state index contributed by atoms with van der Waals surface area (Å²) in [7, 11) is 0. The Hall–Kier alpha value is -2.60. The summed E-state index contributed by atoms with van der Waals surface area (Å²) in [6.07, 6.45) is 5.63. The summed E-state index contributed by atoms with van der Waals surface area (Å²) in [5, 5.41) is 4.52. The van der Waals surface area contributed by atoms with Gasteiger partial charge in [-0.25, -0.2) is 4.79 Å². The van der Waals surface area contributed by atoms with Crippen molar-refractivity contribution in [2.75, 3.05) is 11.9 Å². The molecule has 6 heteroatoms. The number of carbonyl (C=O) groups is 2. The largest absolute Gasteiger partial charge is 0.464 e. The number of nitrogens with one attached hydrogen (secondary N) is 1. The van der Waals surface area contributed by atoms with E-state index < -0.39 is 0 Å². The highest BCUT2D eigenvalue weighted by Gasteiger charge is 2.28. The third-order valence-electron chi connectivity index (χ3n) is 5.13. The average Bonchev–Trinajstić information content (AvgIpc) is 3.36. The zero-order valence-electron chi connectivity index (χ0n) is 16.1. The van der Waals surface area contributed by atoms with Crippen LogP contribution < -0.4 is 5.32 Å². The number of fused-ring (bicyclic) bond motifs is 2. The van der Waals surface area contributed by atoms with Crippen LogP contribution in [0.25, 0.3) is 11.0 Å². The maximum absolute atomic E-state index is 12.7. The van der Waals surface area contributed by atoms with Crippen LogP contribution in [0.5, 0.6) is 0 Å². The van der Waals surface area contributed by atoms with Gasteiger partial charge in [-0.2, -0.15) is 0 Å². The quantitative estimate of drug-likeness (QED) is 0.601. The first-order chi connectivity index (χ1) is 13.6. The summed E-state index contributed by atoms with van der Waals surface area (Å²) < 4.78 is 10.8. The number of thiophene rings is 1. The van der Waals surface area contributed by atoms with Gasteiger partial charge in [-0.15, -0.1) is 11.3 Å². The van der Waals surface area contributed by atoms with Crippen molar-refractivity contribution >= 4 is 39.2 Å². The molecule has 3 aromatic rings. The summed E-state index contributed by atoms with van der Waals surface area (Å²) >= 11 is 1.50. The van der Waals surface area contributed by atoms with E-state index in [1.54, 1.807) is 13.2 Å². The van der Waals surface area contributed by atoms with Crippen LogP contribution in [-0.4, -0.2) is 18.5 Å². The number of hydrogen-bond acceptors (Lipinski definition) is 5. The number of hydrogen-bond donors (Lipinski definition) is 1. The Morgan fingerprint density at radius 3 is 2.89 bits per heavy atom. The molecule has 0 fully saturated rings. The molecule has 0 aliphatic heterocycles. The molecule has 1 amide bonds. The van der Waals surface area contributed by atoms with E-state index in [0.29, 0.717) is 17.2 Å². The molecule has 0 radical (unpaired) electrons. The van der Waals surface area contributed by atoms with Gasteiger partial charge in [-0.3, -0.25) is 4.79 Å². The van der Waals surface area contributed by atoms with E-state index in [-0.39, 0.29) is 18.3 Å². The average molecular weight is 397 g/mol. The standard InChI is InChI=1S/C22H23NO4S/c1-3-13-8-9-17-16(10-13)14(12-27-17)11-19(24)23-21-20(22(25)26-4-2)15-6-5-7-18(15)28-21/h8-10,12H,3-7,11H2,1-2H3,(H,23,24). The van der Waals surface area contributed by atoms with Gasteiger partial charge in [-0.05, 0) is 55.9 Å². The highest BCUT2D eigenvalue weighted by Crippen LogP contribution is 2.39. The van der Waals surface area contributed by atoms with E-state index in [4.69, 9.17) is 9.15 Å². The molecule has 146 valence electrons. The topological polar surface area (TPSA) is 68.5 Å². The Morgan fingerprint density at radius 1 is 1.25 bits per heavy atom. The number of rotatable bonds is 6. The van der Waals surface area contributed by atoms with Crippen LogP contribution in [0, 0.1) is 0 Å². The number of carbonyl (C=O) groups excluding carboxylic acids is 2. The molecule has 1 aliphatic carbocycles.